The summed E-state index contributed by atoms with van der Waals surface area (Å²) in [6, 6.07) is 14.2. The Bertz CT molecular complexity index is 807. The summed E-state index contributed by atoms with van der Waals surface area (Å²) in [7, 11) is 1.53. The average molecular weight is 322 g/mol. The zero-order chi connectivity index (χ0) is 17.7. The maximum atomic E-state index is 11.9. The van der Waals surface area contributed by atoms with Gasteiger partial charge in [0, 0.05) is 14.0 Å². The highest BCUT2D eigenvalue weighted by Gasteiger charge is 2.09. The average Bonchev–Trinajstić information content (AvgIpc) is 2.56. The molecule has 124 valence electrons. The molecule has 0 saturated heterocycles. The Balaban J connectivity index is 2.41. The molecule has 0 spiro atoms. The summed E-state index contributed by atoms with van der Waals surface area (Å²) < 4.78 is 0. The van der Waals surface area contributed by atoms with E-state index in [1.165, 1.54) is 25.1 Å². The fourth-order valence-electron chi connectivity index (χ4n) is 2.38. The maximum Gasteiger partial charge on any atom is 0.267 e. The fraction of sp³-hybridized carbons (Fsp3) is 0.200. The van der Waals surface area contributed by atoms with Crippen LogP contribution in [0.25, 0.3) is 17.2 Å². The number of benzene rings is 2. The van der Waals surface area contributed by atoms with E-state index >= 15 is 0 Å². The molecule has 0 radical (unpaired) electrons. The lowest BCUT2D eigenvalue weighted by atomic mass is 9.99. The Morgan fingerprint density at radius 2 is 1.67 bits per heavy atom. The van der Waals surface area contributed by atoms with E-state index in [4.69, 9.17) is 0 Å². The van der Waals surface area contributed by atoms with E-state index in [0.717, 1.165) is 16.7 Å². The molecule has 2 rings (SSSR count). The first-order valence-electron chi connectivity index (χ1n) is 7.79. The van der Waals surface area contributed by atoms with Crippen molar-refractivity contribution in [1.29, 1.82) is 0 Å². The van der Waals surface area contributed by atoms with Crippen molar-refractivity contribution < 1.29 is 9.59 Å². The predicted octanol–water partition coefficient (Wildman–Crippen LogP) is 3.19. The number of hydrogen-bond donors (Lipinski definition) is 2. The van der Waals surface area contributed by atoms with Crippen molar-refractivity contribution in [3.63, 3.8) is 0 Å². The molecule has 0 aliphatic rings. The molecule has 0 heterocycles. The van der Waals surface area contributed by atoms with Gasteiger partial charge in [0.1, 0.15) is 5.70 Å². The number of carbonyl (C=O) groups is 2. The summed E-state index contributed by atoms with van der Waals surface area (Å²) in [5, 5.41) is 5.09. The van der Waals surface area contributed by atoms with E-state index in [-0.39, 0.29) is 17.5 Å². The van der Waals surface area contributed by atoms with Crippen LogP contribution in [0.2, 0.25) is 0 Å². The van der Waals surface area contributed by atoms with Crippen molar-refractivity contribution in [3.05, 3.63) is 64.9 Å². The lowest BCUT2D eigenvalue weighted by Crippen LogP contribution is -2.31. The Morgan fingerprint density at radius 3 is 2.29 bits per heavy atom. The summed E-state index contributed by atoms with van der Waals surface area (Å²) in [5.74, 6) is -0.614. The molecule has 2 aromatic rings. The smallest absolute Gasteiger partial charge is 0.267 e. The summed E-state index contributed by atoms with van der Waals surface area (Å²) in [6.45, 7) is 5.55. The van der Waals surface area contributed by atoms with E-state index in [0.29, 0.717) is 0 Å². The monoisotopic (exact) mass is 322 g/mol. The fourth-order valence-corrected chi connectivity index (χ4v) is 2.38. The first kappa shape index (κ1) is 17.5. The largest absolute Gasteiger partial charge is 0.354 e. The Morgan fingerprint density at radius 1 is 0.958 bits per heavy atom. The van der Waals surface area contributed by atoms with Crippen LogP contribution in [0.3, 0.4) is 0 Å². The van der Waals surface area contributed by atoms with E-state index < -0.39 is 0 Å². The summed E-state index contributed by atoms with van der Waals surface area (Å²) >= 11 is 0. The van der Waals surface area contributed by atoms with Crippen LogP contribution in [0.4, 0.5) is 0 Å². The molecule has 2 N–H and O–H groups in total. The van der Waals surface area contributed by atoms with Crippen molar-refractivity contribution in [1.82, 2.24) is 10.6 Å². The molecule has 0 fully saturated rings. The van der Waals surface area contributed by atoms with Gasteiger partial charge in [0.2, 0.25) is 5.91 Å². The Labute approximate surface area is 142 Å². The predicted molar refractivity (Wildman–Crippen MR) is 97.2 cm³/mol. The third-order valence-corrected chi connectivity index (χ3v) is 3.82. The van der Waals surface area contributed by atoms with Crippen LogP contribution in [0.1, 0.15) is 23.6 Å². The highest BCUT2D eigenvalue weighted by atomic mass is 16.2. The van der Waals surface area contributed by atoms with Gasteiger partial charge in [-0.2, -0.15) is 0 Å². The molecule has 0 bridgehead atoms. The molecule has 24 heavy (non-hydrogen) atoms. The summed E-state index contributed by atoms with van der Waals surface area (Å²) in [6.07, 6.45) is 1.67. The number of rotatable bonds is 4. The number of carbonyl (C=O) groups excluding carboxylic acids is 2. The van der Waals surface area contributed by atoms with Crippen LogP contribution in [-0.4, -0.2) is 18.9 Å². The van der Waals surface area contributed by atoms with Crippen LogP contribution in [-0.2, 0) is 9.59 Å². The van der Waals surface area contributed by atoms with Crippen molar-refractivity contribution >= 4 is 17.9 Å². The first-order chi connectivity index (χ1) is 11.4. The summed E-state index contributed by atoms with van der Waals surface area (Å²) in [4.78, 5) is 23.2. The molecule has 2 aromatic carbocycles. The standard InChI is InChI=1S/C20H22N2O2/c1-13-8-9-18(10-14(13)2)17-7-5-6-16(11-17)12-19(20(24)21-4)22-15(3)23/h5-12H,1-4H3,(H,21,24)(H,22,23). The third-order valence-electron chi connectivity index (χ3n) is 3.82. The van der Waals surface area contributed by atoms with E-state index in [1.807, 2.05) is 24.3 Å². The van der Waals surface area contributed by atoms with Gasteiger partial charge in [0.05, 0.1) is 0 Å². The molecule has 4 nitrogen and oxygen atoms in total. The number of amides is 2. The van der Waals surface area contributed by atoms with E-state index in [9.17, 15) is 9.59 Å². The normalized spacial score (nSPS) is 11.1. The molecule has 0 atom stereocenters. The second-order valence-corrected chi connectivity index (χ2v) is 5.74. The SMILES string of the molecule is CNC(=O)C(=Cc1cccc(-c2ccc(C)c(C)c2)c1)NC(C)=O. The van der Waals surface area contributed by atoms with Crippen molar-refractivity contribution in [2.45, 2.75) is 20.8 Å². The molecule has 2 amide bonds. The second kappa shape index (κ2) is 7.59. The quantitative estimate of drug-likeness (QED) is 0.849. The molecule has 0 aliphatic heterocycles. The van der Waals surface area contributed by atoms with E-state index in [2.05, 4.69) is 42.7 Å². The van der Waals surface area contributed by atoms with Gasteiger partial charge in [-0.15, -0.1) is 0 Å². The van der Waals surface area contributed by atoms with Crippen molar-refractivity contribution in [2.24, 2.45) is 0 Å². The lowest BCUT2D eigenvalue weighted by Gasteiger charge is -2.09. The molecule has 0 unspecified atom stereocenters. The minimum atomic E-state index is -0.332. The van der Waals surface area contributed by atoms with Crippen molar-refractivity contribution in [2.75, 3.05) is 7.05 Å². The maximum absolute atomic E-state index is 11.9. The molecule has 0 aromatic heterocycles. The zero-order valence-corrected chi connectivity index (χ0v) is 14.4. The first-order valence-corrected chi connectivity index (χ1v) is 7.79. The van der Waals surface area contributed by atoms with Gasteiger partial charge in [-0.05, 0) is 53.8 Å². The molecular formula is C20H22N2O2. The minimum Gasteiger partial charge on any atom is -0.354 e. The van der Waals surface area contributed by atoms with Gasteiger partial charge >= 0.3 is 0 Å². The number of hydrogen-bond acceptors (Lipinski definition) is 2. The summed E-state index contributed by atoms with van der Waals surface area (Å²) in [5.41, 5.74) is 5.74. The second-order valence-electron chi connectivity index (χ2n) is 5.74. The lowest BCUT2D eigenvalue weighted by molar-refractivity contribution is -0.122. The topological polar surface area (TPSA) is 58.2 Å². The van der Waals surface area contributed by atoms with Crippen LogP contribution in [0.5, 0.6) is 0 Å². The van der Waals surface area contributed by atoms with Crippen LogP contribution in [0.15, 0.2) is 48.2 Å². The van der Waals surface area contributed by atoms with Gasteiger partial charge in [0.15, 0.2) is 0 Å². The van der Waals surface area contributed by atoms with Gasteiger partial charge in [-0.3, -0.25) is 9.59 Å². The highest BCUT2D eigenvalue weighted by molar-refractivity contribution is 6.00. The molecular weight excluding hydrogens is 300 g/mol. The number of likely N-dealkylation sites (N-methyl/N-ethyl adjacent to an activating group) is 1. The molecule has 4 heteroatoms. The van der Waals surface area contributed by atoms with Gasteiger partial charge in [-0.25, -0.2) is 0 Å². The van der Waals surface area contributed by atoms with E-state index in [1.54, 1.807) is 6.08 Å². The highest BCUT2D eigenvalue weighted by Crippen LogP contribution is 2.23. The minimum absolute atomic E-state index is 0.224. The number of aryl methyl sites for hydroxylation is 2. The van der Waals surface area contributed by atoms with Gasteiger partial charge in [-0.1, -0.05) is 36.4 Å². The Kier molecular flexibility index (Phi) is 5.53. The zero-order valence-electron chi connectivity index (χ0n) is 14.4. The molecule has 0 saturated carbocycles. The third kappa shape index (κ3) is 4.32. The van der Waals surface area contributed by atoms with Crippen LogP contribution < -0.4 is 10.6 Å². The number of nitrogens with one attached hydrogen (secondary N) is 2. The molecule has 0 aliphatic carbocycles. The van der Waals surface area contributed by atoms with Crippen LogP contribution >= 0.6 is 0 Å². The van der Waals surface area contributed by atoms with Gasteiger partial charge in [0.25, 0.3) is 5.91 Å². The van der Waals surface area contributed by atoms with Crippen LogP contribution in [0, 0.1) is 13.8 Å². The van der Waals surface area contributed by atoms with Crippen molar-refractivity contribution in [3.8, 4) is 11.1 Å². The van der Waals surface area contributed by atoms with Gasteiger partial charge < -0.3 is 10.6 Å². The Hall–Kier alpha value is -2.88.